The molecule has 0 bridgehead atoms. The van der Waals surface area contributed by atoms with Crippen LogP contribution in [0.2, 0.25) is 0 Å². The number of carbonyl (C=O) groups excluding carboxylic acids is 1. The van der Waals surface area contributed by atoms with Gasteiger partial charge in [-0.3, -0.25) is 4.79 Å². The van der Waals surface area contributed by atoms with E-state index in [1.54, 1.807) is 4.90 Å². The molecule has 5 heteroatoms. The van der Waals surface area contributed by atoms with Crippen molar-refractivity contribution in [2.24, 2.45) is 0 Å². The summed E-state index contributed by atoms with van der Waals surface area (Å²) < 4.78 is 5.59. The average molecular weight is 366 g/mol. The van der Waals surface area contributed by atoms with Crippen molar-refractivity contribution in [1.82, 2.24) is 10.2 Å². The smallest absolute Gasteiger partial charge is 0.349 e. The third kappa shape index (κ3) is 3.69. The molecule has 0 aliphatic carbocycles. The van der Waals surface area contributed by atoms with Crippen LogP contribution in [0.25, 0.3) is 0 Å². The normalized spacial score (nSPS) is 20.0. The Labute approximate surface area is 159 Å². The first kappa shape index (κ1) is 18.0. The number of hydrogen-bond donors (Lipinski definition) is 1. The van der Waals surface area contributed by atoms with Gasteiger partial charge in [0.2, 0.25) is 0 Å². The second-order valence-electron chi connectivity index (χ2n) is 7.60. The summed E-state index contributed by atoms with van der Waals surface area (Å²) in [7, 11) is 0. The molecule has 0 radical (unpaired) electrons. The molecule has 0 saturated carbocycles. The molecule has 2 aromatic rings. The molecule has 142 valence electrons. The van der Waals surface area contributed by atoms with Crippen LogP contribution in [0.3, 0.4) is 0 Å². The Morgan fingerprint density at radius 1 is 1.19 bits per heavy atom. The molecule has 1 aromatic carbocycles. The van der Waals surface area contributed by atoms with E-state index in [0.29, 0.717) is 18.8 Å². The molecule has 5 nitrogen and oxygen atoms in total. The van der Waals surface area contributed by atoms with Gasteiger partial charge in [-0.05, 0) is 61.9 Å². The highest BCUT2D eigenvalue weighted by molar-refractivity contribution is 5.95. The van der Waals surface area contributed by atoms with E-state index < -0.39 is 5.63 Å². The number of rotatable bonds is 2. The Bertz CT molecular complexity index is 870. The molecule has 1 amide bonds. The monoisotopic (exact) mass is 366 g/mol. The number of benzene rings is 1. The Hall–Kier alpha value is -2.40. The van der Waals surface area contributed by atoms with Crippen LogP contribution in [0.15, 0.2) is 39.5 Å². The first-order chi connectivity index (χ1) is 13.1. The number of nitrogens with zero attached hydrogens (tertiary/aromatic N) is 1. The lowest BCUT2D eigenvalue weighted by Gasteiger charge is -2.23. The SMILES string of the molecule is Cc1cc(C2CCCNC2)oc(=O)c1C(=O)N1CCc2ccccc2CC1. The zero-order valence-corrected chi connectivity index (χ0v) is 15.8. The number of amides is 1. The fraction of sp³-hybridized carbons (Fsp3) is 0.455. The molecule has 4 rings (SSSR count). The summed E-state index contributed by atoms with van der Waals surface area (Å²) in [4.78, 5) is 27.5. The van der Waals surface area contributed by atoms with Crippen LogP contribution in [0.1, 0.15) is 51.6 Å². The van der Waals surface area contributed by atoms with E-state index in [1.165, 1.54) is 11.1 Å². The highest BCUT2D eigenvalue weighted by atomic mass is 16.4. The standard InChI is InChI=1S/C22H26N2O3/c1-15-13-19(18-7-4-10-23-14-18)27-22(26)20(15)21(25)24-11-8-16-5-2-3-6-17(16)9-12-24/h2-3,5-6,13,18,23H,4,7-12,14H2,1H3. The van der Waals surface area contributed by atoms with Crippen molar-refractivity contribution in [2.75, 3.05) is 26.2 Å². The van der Waals surface area contributed by atoms with Gasteiger partial charge in [0, 0.05) is 25.6 Å². The van der Waals surface area contributed by atoms with Crippen LogP contribution in [0.5, 0.6) is 0 Å². The minimum absolute atomic E-state index is 0.188. The third-order valence-corrected chi connectivity index (χ3v) is 5.79. The molecule has 1 aromatic heterocycles. The number of fused-ring (bicyclic) bond motifs is 1. The number of piperidine rings is 1. The maximum atomic E-state index is 13.1. The van der Waals surface area contributed by atoms with Crippen LogP contribution in [-0.4, -0.2) is 37.0 Å². The molecular formula is C22H26N2O3. The third-order valence-electron chi connectivity index (χ3n) is 5.79. The second-order valence-corrected chi connectivity index (χ2v) is 7.60. The summed E-state index contributed by atoms with van der Waals surface area (Å²) >= 11 is 0. The second kappa shape index (κ2) is 7.69. The van der Waals surface area contributed by atoms with Gasteiger partial charge in [0.15, 0.2) is 0 Å². The van der Waals surface area contributed by atoms with Gasteiger partial charge in [0.1, 0.15) is 11.3 Å². The van der Waals surface area contributed by atoms with Crippen LogP contribution < -0.4 is 10.9 Å². The molecule has 1 fully saturated rings. The van der Waals surface area contributed by atoms with E-state index >= 15 is 0 Å². The zero-order valence-electron chi connectivity index (χ0n) is 15.8. The van der Waals surface area contributed by atoms with Crippen molar-refractivity contribution in [3.63, 3.8) is 0 Å². The Morgan fingerprint density at radius 3 is 2.48 bits per heavy atom. The van der Waals surface area contributed by atoms with E-state index in [1.807, 2.05) is 25.1 Å². The zero-order chi connectivity index (χ0) is 18.8. The molecule has 1 unspecified atom stereocenters. The van der Waals surface area contributed by atoms with Gasteiger partial charge in [-0.1, -0.05) is 24.3 Å². The lowest BCUT2D eigenvalue weighted by atomic mass is 9.95. The topological polar surface area (TPSA) is 62.6 Å². The van der Waals surface area contributed by atoms with Crippen molar-refractivity contribution in [3.05, 3.63) is 68.8 Å². The van der Waals surface area contributed by atoms with Gasteiger partial charge in [-0.25, -0.2) is 4.79 Å². The number of hydrogen-bond acceptors (Lipinski definition) is 4. The summed E-state index contributed by atoms with van der Waals surface area (Å²) in [6.07, 6.45) is 3.71. The highest BCUT2D eigenvalue weighted by Gasteiger charge is 2.26. The fourth-order valence-electron chi connectivity index (χ4n) is 4.22. The van der Waals surface area contributed by atoms with E-state index in [2.05, 4.69) is 17.4 Å². The predicted molar refractivity (Wildman–Crippen MR) is 104 cm³/mol. The van der Waals surface area contributed by atoms with E-state index in [9.17, 15) is 9.59 Å². The summed E-state index contributed by atoms with van der Waals surface area (Å²) in [5.41, 5.74) is 2.99. The number of carbonyl (C=O) groups is 1. The molecule has 27 heavy (non-hydrogen) atoms. The van der Waals surface area contributed by atoms with Crippen molar-refractivity contribution in [2.45, 2.75) is 38.5 Å². The number of nitrogens with one attached hydrogen (secondary N) is 1. The minimum atomic E-state index is -0.498. The molecule has 1 atom stereocenters. The summed E-state index contributed by atoms with van der Waals surface area (Å²) in [5.74, 6) is 0.703. The van der Waals surface area contributed by atoms with Crippen molar-refractivity contribution < 1.29 is 9.21 Å². The van der Waals surface area contributed by atoms with Crippen LogP contribution in [0.4, 0.5) is 0 Å². The Kier molecular flexibility index (Phi) is 5.12. The maximum Gasteiger partial charge on any atom is 0.349 e. The minimum Gasteiger partial charge on any atom is -0.427 e. The molecule has 0 spiro atoms. The van der Waals surface area contributed by atoms with Crippen LogP contribution in [-0.2, 0) is 12.8 Å². The average Bonchev–Trinajstić information content (AvgIpc) is 2.91. The van der Waals surface area contributed by atoms with Gasteiger partial charge in [-0.2, -0.15) is 0 Å². The van der Waals surface area contributed by atoms with Gasteiger partial charge in [-0.15, -0.1) is 0 Å². The van der Waals surface area contributed by atoms with Gasteiger partial charge in [0.05, 0.1) is 0 Å². The van der Waals surface area contributed by atoms with Crippen molar-refractivity contribution in [1.29, 1.82) is 0 Å². The van der Waals surface area contributed by atoms with Crippen molar-refractivity contribution in [3.8, 4) is 0 Å². The molecule has 1 N–H and O–H groups in total. The molecular weight excluding hydrogens is 340 g/mol. The fourth-order valence-corrected chi connectivity index (χ4v) is 4.22. The lowest BCUT2D eigenvalue weighted by molar-refractivity contribution is 0.0757. The van der Waals surface area contributed by atoms with Gasteiger partial charge >= 0.3 is 5.63 Å². The maximum absolute atomic E-state index is 13.1. The van der Waals surface area contributed by atoms with E-state index in [4.69, 9.17) is 4.42 Å². The lowest BCUT2D eigenvalue weighted by Crippen LogP contribution is -2.37. The quantitative estimate of drug-likeness (QED) is 0.888. The molecule has 2 aliphatic heterocycles. The first-order valence-corrected chi connectivity index (χ1v) is 9.85. The summed E-state index contributed by atoms with van der Waals surface area (Å²) in [6.45, 7) is 4.93. The number of aryl methyl sites for hydroxylation is 1. The summed E-state index contributed by atoms with van der Waals surface area (Å²) in [5, 5.41) is 3.34. The largest absolute Gasteiger partial charge is 0.427 e. The van der Waals surface area contributed by atoms with Crippen LogP contribution >= 0.6 is 0 Å². The predicted octanol–water partition coefficient (Wildman–Crippen LogP) is 2.66. The highest BCUT2D eigenvalue weighted by Crippen LogP contribution is 2.24. The first-order valence-electron chi connectivity index (χ1n) is 9.85. The van der Waals surface area contributed by atoms with E-state index in [0.717, 1.165) is 44.3 Å². The molecule has 1 saturated heterocycles. The Morgan fingerprint density at radius 2 is 1.89 bits per heavy atom. The van der Waals surface area contributed by atoms with Crippen LogP contribution in [0, 0.1) is 6.92 Å². The Balaban J connectivity index is 1.56. The van der Waals surface area contributed by atoms with Gasteiger partial charge < -0.3 is 14.6 Å². The summed E-state index contributed by atoms with van der Waals surface area (Å²) in [6, 6.07) is 10.2. The molecule has 3 heterocycles. The van der Waals surface area contributed by atoms with E-state index in [-0.39, 0.29) is 17.4 Å². The van der Waals surface area contributed by atoms with Crippen molar-refractivity contribution >= 4 is 5.91 Å². The van der Waals surface area contributed by atoms with Gasteiger partial charge in [0.25, 0.3) is 5.91 Å². The molecule has 2 aliphatic rings.